The van der Waals surface area contributed by atoms with Gasteiger partial charge in [-0.25, -0.2) is 4.79 Å². The molecule has 9 heteroatoms. The summed E-state index contributed by atoms with van der Waals surface area (Å²) in [6.07, 6.45) is 4.79. The normalized spacial score (nSPS) is 23.5. The minimum Gasteiger partial charge on any atom is -0.370 e. The quantitative estimate of drug-likeness (QED) is 0.712. The van der Waals surface area contributed by atoms with E-state index in [1.807, 2.05) is 19.2 Å². The Morgan fingerprint density at radius 2 is 2.26 bits per heavy atom. The Labute approximate surface area is 188 Å². The molecular weight excluding hydrogens is 416 g/mol. The van der Waals surface area contributed by atoms with Gasteiger partial charge in [-0.05, 0) is 56.4 Å². The zero-order valence-corrected chi connectivity index (χ0v) is 19.0. The molecular formula is C22H31ClN6O2. The molecule has 2 atom stereocenters. The molecule has 0 radical (unpaired) electrons. The number of benzene rings is 1. The number of nitrogens with zero attached hydrogens (tertiary/aromatic N) is 4. The summed E-state index contributed by atoms with van der Waals surface area (Å²) in [6.45, 7) is 8.30. The van der Waals surface area contributed by atoms with Crippen LogP contribution in [0.3, 0.4) is 0 Å². The van der Waals surface area contributed by atoms with Crippen molar-refractivity contribution < 1.29 is 9.53 Å². The molecule has 2 aliphatic heterocycles. The highest BCUT2D eigenvalue weighted by molar-refractivity contribution is 6.30. The lowest BCUT2D eigenvalue weighted by atomic mass is 9.77. The summed E-state index contributed by atoms with van der Waals surface area (Å²) in [5, 5.41) is 14.8. The molecule has 1 aromatic heterocycles. The Kier molecular flexibility index (Phi) is 6.79. The lowest BCUT2D eigenvalue weighted by Gasteiger charge is -2.48. The minimum atomic E-state index is -0.239. The van der Waals surface area contributed by atoms with Gasteiger partial charge in [0, 0.05) is 43.4 Å². The summed E-state index contributed by atoms with van der Waals surface area (Å²) in [7, 11) is 0. The number of carbonyl (C=O) groups is 1. The number of hydrogen-bond acceptors (Lipinski definition) is 5. The smallest absolute Gasteiger partial charge is 0.314 e. The molecule has 3 heterocycles. The first-order valence-corrected chi connectivity index (χ1v) is 11.4. The van der Waals surface area contributed by atoms with Gasteiger partial charge in [0.2, 0.25) is 0 Å². The monoisotopic (exact) mass is 446 g/mol. The molecule has 2 amide bonds. The van der Waals surface area contributed by atoms with Crippen LogP contribution in [-0.4, -0.2) is 58.2 Å². The summed E-state index contributed by atoms with van der Waals surface area (Å²) in [5.41, 5.74) is 3.33. The van der Waals surface area contributed by atoms with Crippen LogP contribution in [0.4, 0.5) is 4.79 Å². The highest BCUT2D eigenvalue weighted by atomic mass is 35.5. The van der Waals surface area contributed by atoms with Crippen LogP contribution >= 0.6 is 11.6 Å². The number of nitrogens with one attached hydrogen (secondary N) is 2. The van der Waals surface area contributed by atoms with Crippen molar-refractivity contribution in [3.63, 3.8) is 0 Å². The van der Waals surface area contributed by atoms with Gasteiger partial charge in [0.1, 0.15) is 0 Å². The van der Waals surface area contributed by atoms with Crippen LogP contribution in [0.1, 0.15) is 43.5 Å². The van der Waals surface area contributed by atoms with E-state index < -0.39 is 0 Å². The molecule has 1 aromatic carbocycles. The Hall–Kier alpha value is -2.16. The Bertz CT molecular complexity index is 919. The predicted octanol–water partition coefficient (Wildman–Crippen LogP) is 2.70. The number of ether oxygens (including phenoxy) is 1. The predicted molar refractivity (Wildman–Crippen MR) is 119 cm³/mol. The van der Waals surface area contributed by atoms with E-state index in [1.165, 1.54) is 11.1 Å². The molecule has 0 bridgehead atoms. The summed E-state index contributed by atoms with van der Waals surface area (Å²) in [4.78, 5) is 13.9. The van der Waals surface area contributed by atoms with E-state index in [-0.39, 0.29) is 11.6 Å². The van der Waals surface area contributed by atoms with Crippen LogP contribution in [0, 0.1) is 0 Å². The van der Waals surface area contributed by atoms with Gasteiger partial charge in [-0.2, -0.15) is 0 Å². The third kappa shape index (κ3) is 5.02. The average Bonchev–Trinajstić information content (AvgIpc) is 3.18. The van der Waals surface area contributed by atoms with Crippen LogP contribution in [0.2, 0.25) is 5.02 Å². The van der Waals surface area contributed by atoms with E-state index in [1.54, 1.807) is 4.68 Å². The minimum absolute atomic E-state index is 0.160. The van der Waals surface area contributed by atoms with Crippen LogP contribution in [0.5, 0.6) is 0 Å². The summed E-state index contributed by atoms with van der Waals surface area (Å²) >= 11 is 6.31. The van der Waals surface area contributed by atoms with Crippen molar-refractivity contribution in [3.8, 4) is 0 Å². The number of amides is 2. The fraction of sp³-hybridized carbons (Fsp3) is 0.591. The second-order valence-corrected chi connectivity index (χ2v) is 8.86. The van der Waals surface area contributed by atoms with Crippen molar-refractivity contribution in [2.24, 2.45) is 0 Å². The maximum atomic E-state index is 11.5. The maximum absolute atomic E-state index is 11.5. The molecule has 2 N–H and O–H groups in total. The van der Waals surface area contributed by atoms with Crippen LogP contribution in [0.15, 0.2) is 24.4 Å². The van der Waals surface area contributed by atoms with E-state index in [0.717, 1.165) is 49.7 Å². The van der Waals surface area contributed by atoms with Gasteiger partial charge in [-0.3, -0.25) is 9.58 Å². The number of aromatic nitrogens is 3. The number of hydrogen-bond donors (Lipinski definition) is 2. The lowest BCUT2D eigenvalue weighted by Crippen LogP contribution is -2.50. The summed E-state index contributed by atoms with van der Waals surface area (Å²) in [6, 6.07) is 6.42. The molecule has 31 heavy (non-hydrogen) atoms. The van der Waals surface area contributed by atoms with E-state index in [0.29, 0.717) is 25.7 Å². The number of carbonyl (C=O) groups excluding carboxylic acids is 1. The van der Waals surface area contributed by atoms with Gasteiger partial charge < -0.3 is 15.4 Å². The average molecular weight is 447 g/mol. The van der Waals surface area contributed by atoms with Gasteiger partial charge in [0.05, 0.1) is 24.4 Å². The van der Waals surface area contributed by atoms with Gasteiger partial charge >= 0.3 is 6.03 Å². The third-order valence-corrected chi connectivity index (χ3v) is 6.51. The molecule has 1 saturated heterocycles. The topological polar surface area (TPSA) is 84.3 Å². The van der Waals surface area contributed by atoms with E-state index in [4.69, 9.17) is 16.3 Å². The van der Waals surface area contributed by atoms with Gasteiger partial charge in [0.15, 0.2) is 0 Å². The SMILES string of the molecule is CCNC(=O)NCCn1cc(CN2CC[C@]3(C[C@@H]2C)OCCc2ccc(Cl)cc23)nn1. The molecule has 8 nitrogen and oxygen atoms in total. The number of halogens is 1. The van der Waals surface area contributed by atoms with Crippen molar-refractivity contribution in [1.29, 1.82) is 0 Å². The van der Waals surface area contributed by atoms with Gasteiger partial charge in [-0.15, -0.1) is 5.10 Å². The Balaban J connectivity index is 1.34. The molecule has 0 saturated carbocycles. The number of likely N-dealkylation sites (tertiary alicyclic amines) is 1. The molecule has 2 aromatic rings. The van der Waals surface area contributed by atoms with Gasteiger partial charge in [-0.1, -0.05) is 22.9 Å². The highest BCUT2D eigenvalue weighted by Crippen LogP contribution is 2.44. The first-order chi connectivity index (χ1) is 15.0. The zero-order valence-electron chi connectivity index (χ0n) is 18.2. The molecule has 2 aliphatic rings. The van der Waals surface area contributed by atoms with E-state index >= 15 is 0 Å². The molecule has 4 rings (SSSR count). The van der Waals surface area contributed by atoms with Crippen molar-refractivity contribution in [3.05, 3.63) is 46.2 Å². The standard InChI is InChI=1S/C22H31ClN6O2/c1-3-24-21(30)25-8-10-29-15-19(26-27-29)14-28-9-7-22(13-16(28)2)20-12-18(23)5-4-17(20)6-11-31-22/h4-5,12,15-16H,3,6-11,13-14H2,1-2H3,(H2,24,25,30)/t16-,22+/m0/s1. The van der Waals surface area contributed by atoms with Crippen molar-refractivity contribution >= 4 is 17.6 Å². The fourth-order valence-corrected chi connectivity index (χ4v) is 4.90. The Morgan fingerprint density at radius 3 is 3.06 bits per heavy atom. The first-order valence-electron chi connectivity index (χ1n) is 11.1. The number of fused-ring (bicyclic) bond motifs is 2. The molecule has 0 unspecified atom stereocenters. The lowest BCUT2D eigenvalue weighted by molar-refractivity contribution is -0.113. The van der Waals surface area contributed by atoms with Gasteiger partial charge in [0.25, 0.3) is 0 Å². The highest BCUT2D eigenvalue weighted by Gasteiger charge is 2.43. The van der Waals surface area contributed by atoms with E-state index in [2.05, 4.69) is 44.9 Å². The molecule has 1 fully saturated rings. The van der Waals surface area contributed by atoms with Crippen molar-refractivity contribution in [2.75, 3.05) is 26.2 Å². The zero-order chi connectivity index (χ0) is 21.8. The number of urea groups is 1. The molecule has 168 valence electrons. The fourth-order valence-electron chi connectivity index (χ4n) is 4.72. The second-order valence-electron chi connectivity index (χ2n) is 8.43. The third-order valence-electron chi connectivity index (χ3n) is 6.28. The maximum Gasteiger partial charge on any atom is 0.314 e. The number of piperidine rings is 1. The summed E-state index contributed by atoms with van der Waals surface area (Å²) < 4.78 is 8.16. The van der Waals surface area contributed by atoms with Crippen LogP contribution in [-0.2, 0) is 29.8 Å². The summed E-state index contributed by atoms with van der Waals surface area (Å²) in [5.74, 6) is 0. The first kappa shape index (κ1) is 22.0. The Morgan fingerprint density at radius 1 is 1.39 bits per heavy atom. The largest absolute Gasteiger partial charge is 0.370 e. The van der Waals surface area contributed by atoms with Crippen LogP contribution in [0.25, 0.3) is 0 Å². The van der Waals surface area contributed by atoms with Crippen LogP contribution < -0.4 is 10.6 Å². The second kappa shape index (κ2) is 9.54. The number of rotatable bonds is 6. The van der Waals surface area contributed by atoms with E-state index in [9.17, 15) is 4.79 Å². The van der Waals surface area contributed by atoms with Crippen molar-refractivity contribution in [2.45, 2.75) is 57.8 Å². The van der Waals surface area contributed by atoms with Crippen molar-refractivity contribution in [1.82, 2.24) is 30.5 Å². The molecule has 1 spiro atoms. The molecule has 0 aliphatic carbocycles.